The predicted molar refractivity (Wildman–Crippen MR) is 75.6 cm³/mol. The number of nitrogens with zero attached hydrogens (tertiary/aromatic N) is 1. The van der Waals surface area contributed by atoms with Crippen molar-refractivity contribution in [3.05, 3.63) is 0 Å². The Morgan fingerprint density at radius 2 is 2.00 bits per heavy atom. The summed E-state index contributed by atoms with van der Waals surface area (Å²) >= 11 is 0. The average molecular weight is 254 g/mol. The summed E-state index contributed by atoms with van der Waals surface area (Å²) in [6, 6.07) is 0.557. The Hall–Kier alpha value is -0.120. The molecule has 1 aliphatic carbocycles. The van der Waals surface area contributed by atoms with E-state index in [1.54, 1.807) is 0 Å². The highest BCUT2D eigenvalue weighted by Gasteiger charge is 2.41. The zero-order valence-electron chi connectivity index (χ0n) is 12.3. The fourth-order valence-electron chi connectivity index (χ4n) is 3.85. The summed E-state index contributed by atoms with van der Waals surface area (Å²) in [6.45, 7) is 6.29. The van der Waals surface area contributed by atoms with Crippen molar-refractivity contribution >= 4 is 0 Å². The van der Waals surface area contributed by atoms with Crippen LogP contribution in [0.4, 0.5) is 0 Å². The van der Waals surface area contributed by atoms with E-state index < -0.39 is 0 Å². The Labute approximate surface area is 112 Å². The van der Waals surface area contributed by atoms with E-state index in [0.29, 0.717) is 12.1 Å². The van der Waals surface area contributed by atoms with Gasteiger partial charge in [0.05, 0.1) is 6.10 Å². The van der Waals surface area contributed by atoms with Crippen LogP contribution in [0.25, 0.3) is 0 Å². The molecule has 0 bridgehead atoms. The number of hydrogen-bond acceptors (Lipinski definition) is 3. The largest absolute Gasteiger partial charge is 0.377 e. The van der Waals surface area contributed by atoms with E-state index in [0.717, 1.165) is 25.5 Å². The summed E-state index contributed by atoms with van der Waals surface area (Å²) in [5.74, 6) is 0.865. The number of likely N-dealkylation sites (N-methyl/N-ethyl adjacent to an activating group) is 1. The van der Waals surface area contributed by atoms with Gasteiger partial charge in [-0.2, -0.15) is 0 Å². The lowest BCUT2D eigenvalue weighted by molar-refractivity contribution is 0.0199. The fraction of sp³-hybridized carbons (Fsp3) is 1.00. The minimum Gasteiger partial charge on any atom is -0.377 e. The molecule has 2 fully saturated rings. The van der Waals surface area contributed by atoms with E-state index in [4.69, 9.17) is 10.5 Å². The van der Waals surface area contributed by atoms with Crippen LogP contribution in [0.1, 0.15) is 52.4 Å². The highest BCUT2D eigenvalue weighted by atomic mass is 16.5. The second-order valence-electron chi connectivity index (χ2n) is 6.51. The standard InChI is InChI=1S/C15H30N2O/c1-12-5-4-8-15(11-16,9-6-12)17(3)14-7-10-18-13(14)2/h12-14H,4-11,16H2,1-3H3. The SMILES string of the molecule is CC1CCCC(CN)(N(C)C2CCOC2C)CC1. The Morgan fingerprint density at radius 3 is 2.61 bits per heavy atom. The third-order valence-corrected chi connectivity index (χ3v) is 5.40. The molecular weight excluding hydrogens is 224 g/mol. The van der Waals surface area contributed by atoms with Crippen molar-refractivity contribution in [2.45, 2.75) is 70.1 Å². The highest BCUT2D eigenvalue weighted by Crippen LogP contribution is 2.36. The first-order chi connectivity index (χ1) is 8.59. The number of ether oxygens (including phenoxy) is 1. The van der Waals surface area contributed by atoms with Gasteiger partial charge < -0.3 is 10.5 Å². The van der Waals surface area contributed by atoms with Crippen molar-refractivity contribution in [3.8, 4) is 0 Å². The summed E-state index contributed by atoms with van der Waals surface area (Å²) in [6.07, 6.45) is 8.05. The molecule has 1 aliphatic heterocycles. The second-order valence-corrected chi connectivity index (χ2v) is 6.51. The van der Waals surface area contributed by atoms with Gasteiger partial charge in [0, 0.05) is 24.7 Å². The van der Waals surface area contributed by atoms with Gasteiger partial charge in [-0.15, -0.1) is 0 Å². The molecule has 1 heterocycles. The van der Waals surface area contributed by atoms with E-state index in [1.807, 2.05) is 0 Å². The van der Waals surface area contributed by atoms with Crippen LogP contribution >= 0.6 is 0 Å². The maximum absolute atomic E-state index is 6.18. The van der Waals surface area contributed by atoms with E-state index >= 15 is 0 Å². The van der Waals surface area contributed by atoms with Gasteiger partial charge in [0.25, 0.3) is 0 Å². The Morgan fingerprint density at radius 1 is 1.22 bits per heavy atom. The van der Waals surface area contributed by atoms with Crippen LogP contribution in [0, 0.1) is 5.92 Å². The maximum atomic E-state index is 6.18. The van der Waals surface area contributed by atoms with Gasteiger partial charge in [0.2, 0.25) is 0 Å². The van der Waals surface area contributed by atoms with E-state index in [-0.39, 0.29) is 5.54 Å². The topological polar surface area (TPSA) is 38.5 Å². The first-order valence-electron chi connectivity index (χ1n) is 7.64. The number of hydrogen-bond donors (Lipinski definition) is 1. The van der Waals surface area contributed by atoms with Crippen LogP contribution in [-0.2, 0) is 4.74 Å². The smallest absolute Gasteiger partial charge is 0.0703 e. The maximum Gasteiger partial charge on any atom is 0.0703 e. The van der Waals surface area contributed by atoms with Crippen molar-refractivity contribution in [2.24, 2.45) is 11.7 Å². The van der Waals surface area contributed by atoms with Gasteiger partial charge in [0.1, 0.15) is 0 Å². The molecule has 106 valence electrons. The molecule has 2 rings (SSSR count). The van der Waals surface area contributed by atoms with E-state index in [9.17, 15) is 0 Å². The van der Waals surface area contributed by atoms with Gasteiger partial charge in [-0.05, 0) is 45.6 Å². The average Bonchev–Trinajstić information content (AvgIpc) is 2.69. The lowest BCUT2D eigenvalue weighted by atomic mass is 9.86. The first kappa shape index (κ1) is 14.3. The van der Waals surface area contributed by atoms with E-state index in [1.165, 1.54) is 32.1 Å². The molecule has 1 saturated heterocycles. The van der Waals surface area contributed by atoms with Gasteiger partial charge >= 0.3 is 0 Å². The number of rotatable bonds is 3. The van der Waals surface area contributed by atoms with Crippen molar-refractivity contribution in [1.82, 2.24) is 4.90 Å². The molecule has 2 N–H and O–H groups in total. The van der Waals surface area contributed by atoms with Crippen molar-refractivity contribution in [3.63, 3.8) is 0 Å². The molecule has 3 heteroatoms. The molecule has 0 aromatic carbocycles. The van der Waals surface area contributed by atoms with Crippen LogP contribution in [-0.4, -0.2) is 42.8 Å². The molecule has 1 saturated carbocycles. The molecule has 0 aromatic rings. The summed E-state index contributed by atoms with van der Waals surface area (Å²) in [7, 11) is 2.28. The predicted octanol–water partition coefficient (Wildman–Crippen LogP) is 2.39. The van der Waals surface area contributed by atoms with Crippen LogP contribution in [0.3, 0.4) is 0 Å². The third kappa shape index (κ3) is 2.73. The van der Waals surface area contributed by atoms with Crippen molar-refractivity contribution in [2.75, 3.05) is 20.2 Å². The summed E-state index contributed by atoms with van der Waals surface area (Å²) in [5.41, 5.74) is 6.40. The summed E-state index contributed by atoms with van der Waals surface area (Å²) < 4.78 is 5.74. The Balaban J connectivity index is 2.10. The molecule has 0 spiro atoms. The normalized spacial score (nSPS) is 42.2. The molecule has 0 radical (unpaired) electrons. The fourth-order valence-corrected chi connectivity index (χ4v) is 3.85. The molecular formula is C15H30N2O. The highest BCUT2D eigenvalue weighted by molar-refractivity contribution is 4.97. The van der Waals surface area contributed by atoms with Crippen LogP contribution < -0.4 is 5.73 Å². The first-order valence-corrected chi connectivity index (χ1v) is 7.64. The quantitative estimate of drug-likeness (QED) is 0.786. The second kappa shape index (κ2) is 5.89. The minimum atomic E-state index is 0.220. The molecule has 18 heavy (non-hydrogen) atoms. The molecule has 3 nitrogen and oxygen atoms in total. The summed E-state index contributed by atoms with van der Waals surface area (Å²) in [5, 5.41) is 0. The zero-order chi connectivity index (χ0) is 13.2. The molecule has 4 unspecified atom stereocenters. The van der Waals surface area contributed by atoms with Crippen LogP contribution in [0.15, 0.2) is 0 Å². The Bertz CT molecular complexity index is 271. The lowest BCUT2D eigenvalue weighted by Crippen LogP contribution is -2.57. The van der Waals surface area contributed by atoms with Crippen LogP contribution in [0.2, 0.25) is 0 Å². The van der Waals surface area contributed by atoms with Gasteiger partial charge in [-0.1, -0.05) is 19.8 Å². The van der Waals surface area contributed by atoms with Crippen molar-refractivity contribution < 1.29 is 4.74 Å². The monoisotopic (exact) mass is 254 g/mol. The third-order valence-electron chi connectivity index (χ3n) is 5.40. The minimum absolute atomic E-state index is 0.220. The van der Waals surface area contributed by atoms with Gasteiger partial charge in [-0.25, -0.2) is 0 Å². The Kier molecular flexibility index (Phi) is 4.68. The molecule has 0 amide bonds. The van der Waals surface area contributed by atoms with Crippen molar-refractivity contribution in [1.29, 1.82) is 0 Å². The molecule has 2 aliphatic rings. The number of nitrogens with two attached hydrogens (primary N) is 1. The van der Waals surface area contributed by atoms with E-state index in [2.05, 4.69) is 25.8 Å². The molecule has 4 atom stereocenters. The van der Waals surface area contributed by atoms with Crippen LogP contribution in [0.5, 0.6) is 0 Å². The molecule has 0 aromatic heterocycles. The zero-order valence-corrected chi connectivity index (χ0v) is 12.3. The van der Waals surface area contributed by atoms with Gasteiger partial charge in [0.15, 0.2) is 0 Å². The lowest BCUT2D eigenvalue weighted by Gasteiger charge is -2.45. The summed E-state index contributed by atoms with van der Waals surface area (Å²) in [4.78, 5) is 2.57. The van der Waals surface area contributed by atoms with Gasteiger partial charge in [-0.3, -0.25) is 4.90 Å².